The van der Waals surface area contributed by atoms with Crippen molar-refractivity contribution in [2.75, 3.05) is 10.6 Å². The Morgan fingerprint density at radius 3 is 0.929 bits per heavy atom. The number of nitrogens with one attached hydrogen (secondary N) is 2. The Morgan fingerprint density at radius 2 is 0.631 bits per heavy atom. The number of amides is 2. The molecule has 0 aliphatic heterocycles. The van der Waals surface area contributed by atoms with Crippen molar-refractivity contribution in [3.05, 3.63) is 157 Å². The number of nitrogens with zero attached hydrogens (tertiary/aromatic N) is 10. The van der Waals surface area contributed by atoms with Crippen LogP contribution in [0.25, 0.3) is 0 Å². The smallest absolute Gasteiger partial charge is 0.296 e. The second-order valence-corrected chi connectivity index (χ2v) is 21.8. The Morgan fingerprint density at radius 1 is 0.345 bits per heavy atom. The molecule has 0 atom stereocenters. The van der Waals surface area contributed by atoms with Crippen LogP contribution in [-0.4, -0.2) is 204 Å². The fourth-order valence-corrected chi connectivity index (χ4v) is 8.85. The first-order valence-electron chi connectivity index (χ1n) is 22.1. The second kappa shape index (κ2) is 31.2. The largest absolute Gasteiger partial charge is 0.497 e. The molecule has 7 aromatic rings. The Labute approximate surface area is 567 Å². The fourth-order valence-electron chi connectivity index (χ4n) is 6.60. The van der Waals surface area contributed by atoms with E-state index in [1.165, 1.54) is 111 Å². The van der Waals surface area contributed by atoms with Gasteiger partial charge in [0.2, 0.25) is 0 Å². The van der Waals surface area contributed by atoms with E-state index in [-0.39, 0.29) is 207 Å². The molecule has 7 rings (SSSR count). The molecule has 8 N–H and O–H groups in total. The number of aliphatic hydroxyl groups excluding tert-OH is 2. The summed E-state index contributed by atoms with van der Waals surface area (Å²) in [5, 5.41) is 56.9. The van der Waals surface area contributed by atoms with E-state index < -0.39 is 73.9 Å². The van der Waals surface area contributed by atoms with Crippen LogP contribution in [0.5, 0.6) is 0 Å². The van der Waals surface area contributed by atoms with Gasteiger partial charge in [0, 0.05) is 155 Å². The van der Waals surface area contributed by atoms with Gasteiger partial charge in [0.25, 0.3) is 52.3 Å². The normalized spacial score (nSPS) is 12.3. The Bertz CT molecular complexity index is 4000. The van der Waals surface area contributed by atoms with Crippen LogP contribution in [0.4, 0.5) is 68.2 Å². The molecule has 36 heteroatoms. The van der Waals surface area contributed by atoms with Crippen LogP contribution < -0.4 is 10.6 Å². The summed E-state index contributed by atoms with van der Waals surface area (Å²) in [5.74, 6) is -2.15. The third-order valence-corrected chi connectivity index (χ3v) is 13.7. The van der Waals surface area contributed by atoms with E-state index in [1.807, 2.05) is 0 Å². The molecule has 0 heterocycles. The molecule has 0 aliphatic carbocycles. The summed E-state index contributed by atoms with van der Waals surface area (Å²) in [6.45, 7) is 2.50. The Balaban J connectivity index is 0.00000462. The van der Waals surface area contributed by atoms with Gasteiger partial charge in [-0.15, -0.1) is 20.5 Å². The van der Waals surface area contributed by atoms with Crippen molar-refractivity contribution < 1.29 is 71.7 Å². The van der Waals surface area contributed by atoms with Gasteiger partial charge in [0.05, 0.1) is 43.9 Å². The molecule has 28 nitrogen and oxygen atoms in total. The number of aliphatic hydroxyl groups is 2. The Hall–Kier alpha value is -5.54. The molecule has 0 aromatic heterocycles. The zero-order chi connectivity index (χ0) is 58.2. The minimum Gasteiger partial charge on any atom is -0.497 e. The summed E-state index contributed by atoms with van der Waals surface area (Å²) in [6.07, 6.45) is 0. The number of carbonyl (C=O) groups excluding carboxylic acids is 2. The van der Waals surface area contributed by atoms with Gasteiger partial charge in [0.15, 0.2) is 11.8 Å². The third kappa shape index (κ3) is 20.9. The van der Waals surface area contributed by atoms with Crippen LogP contribution in [0.3, 0.4) is 0 Å². The quantitative estimate of drug-likeness (QED) is 0.0130. The summed E-state index contributed by atoms with van der Waals surface area (Å²) >= 11 is 0. The first kappa shape index (κ1) is 72.7. The van der Waals surface area contributed by atoms with Crippen molar-refractivity contribution in [1.82, 2.24) is 0 Å². The van der Waals surface area contributed by atoms with Crippen molar-refractivity contribution >= 4 is 251 Å². The van der Waals surface area contributed by atoms with E-state index in [9.17, 15) is 62.6 Å². The number of hydrogen-bond donors (Lipinski definition) is 8. The summed E-state index contributed by atoms with van der Waals surface area (Å²) in [6, 6.07) is 29.5. The van der Waals surface area contributed by atoms with E-state index in [1.54, 1.807) is 0 Å². The van der Waals surface area contributed by atoms with Crippen molar-refractivity contribution in [1.29, 1.82) is 0 Å². The maximum Gasteiger partial charge on any atom is 0.296 e. The molecule has 0 bridgehead atoms. The minimum atomic E-state index is -4.93. The number of hydrogen-bond acceptors (Lipinski definition) is 20. The summed E-state index contributed by atoms with van der Waals surface area (Å²) in [5.41, 5.74) is -0.181. The van der Waals surface area contributed by atoms with E-state index in [0.717, 1.165) is 48.5 Å². The molecule has 84 heavy (non-hydrogen) atoms. The first-order chi connectivity index (χ1) is 37.6. The molecule has 0 unspecified atom stereocenters. The summed E-state index contributed by atoms with van der Waals surface area (Å²) in [4.78, 5) is 32.5. The van der Waals surface area contributed by atoms with Crippen LogP contribution in [0.15, 0.2) is 216 Å². The molecule has 0 saturated heterocycles. The van der Waals surface area contributed by atoms with Gasteiger partial charge < -0.3 is 20.8 Å². The van der Waals surface area contributed by atoms with Crippen molar-refractivity contribution in [3.63, 3.8) is 0 Å². The van der Waals surface area contributed by atoms with Gasteiger partial charge in [0.1, 0.15) is 32.5 Å². The molecular weight excluding hydrogens is 1220 g/mol. The van der Waals surface area contributed by atoms with Gasteiger partial charge in [-0.3, -0.25) is 27.8 Å². The van der Waals surface area contributed by atoms with Gasteiger partial charge in [-0.2, -0.15) is 54.1 Å². The van der Waals surface area contributed by atoms with Crippen LogP contribution >= 0.6 is 0 Å². The topological polar surface area (TPSA) is 440 Å². The predicted molar refractivity (Wildman–Crippen MR) is 311 cm³/mol. The van der Waals surface area contributed by atoms with E-state index in [4.69, 9.17) is 9.11 Å². The number of azo groups is 4. The van der Waals surface area contributed by atoms with Crippen LogP contribution in [0, 0.1) is 0 Å². The van der Waals surface area contributed by atoms with E-state index in [0.29, 0.717) is 0 Å². The standard InChI is InChI=1S/C48H38N12O16S4.4Na/c1-27(61)49-43-23-33(11-19-39(43)57-59-41-21-13-35(25-45(41)79(71,72)73)55-53-31-7-15-37(16-8-31)77(65,66)67)51-47(63)29-3-5-30(6-4-29)48(64)52-34-12-20-40(44(24-34)50-28(2)62)58-60-42-22-14-36(26-46(42)80(74,75)76)56-54-32-9-17-38(18-10-32)78(68,69)70;;;;/h3-26H,1-2H3,(H,49,61)(H,50,62)(H,51,63)(H,52,64)(H,65,66,67)(H,68,69,70)(H,71,72,73)(H,74,75,76);;;;. The number of carbonyl (C=O) groups is 2. The summed E-state index contributed by atoms with van der Waals surface area (Å²) < 4.78 is 133. The maximum absolute atomic E-state index is 13.4. The monoisotopic (exact) mass is 1260 g/mol. The average molecular weight is 1260 g/mol. The number of rotatable bonds is 18. The molecule has 0 spiro atoms. The van der Waals surface area contributed by atoms with Crippen LogP contribution in [0.1, 0.15) is 34.6 Å². The van der Waals surface area contributed by atoms with Crippen LogP contribution in [0.2, 0.25) is 0 Å². The van der Waals surface area contributed by atoms with Gasteiger partial charge in [-0.05, 0) is 146 Å². The van der Waals surface area contributed by atoms with Gasteiger partial charge in [-0.25, -0.2) is 9.98 Å². The summed E-state index contributed by atoms with van der Waals surface area (Å²) in [7, 11) is -18.8. The molecular formula is C48H38N12Na4O16S4. The van der Waals surface area contributed by atoms with Gasteiger partial charge in [-0.1, -0.05) is 0 Å². The molecule has 0 fully saturated rings. The number of benzene rings is 7. The van der Waals surface area contributed by atoms with Crippen molar-refractivity contribution in [2.45, 2.75) is 33.4 Å². The second-order valence-electron chi connectivity index (χ2n) is 16.2. The SMILES string of the molecule is CC(O)=Nc1cc(NC(=O)c2ccc(C(=O)Nc3ccc(N=Nc4ccc(N=Nc5ccc(S(=O)(=O)O)cc5)cc4S(=O)(=O)O)c(N=C(C)O)c3)cc2)ccc1N=Nc1ccc(N=Nc2ccc(S(=O)(=O)O)cc2)cc1S(=O)(=O)O.[Na].[Na].[Na].[Na]. The maximum atomic E-state index is 13.4. The van der Waals surface area contributed by atoms with Crippen molar-refractivity contribution in [3.8, 4) is 0 Å². The fraction of sp³-hybridized carbons (Fsp3) is 0.0417. The van der Waals surface area contributed by atoms with Crippen LogP contribution in [-0.2, 0) is 40.5 Å². The van der Waals surface area contributed by atoms with E-state index >= 15 is 0 Å². The molecule has 414 valence electrons. The number of anilines is 2. The zero-order valence-corrected chi connectivity index (χ0v) is 56.0. The minimum absolute atomic E-state index is 0. The van der Waals surface area contributed by atoms with Crippen molar-refractivity contribution in [2.24, 2.45) is 50.9 Å². The van der Waals surface area contributed by atoms with Gasteiger partial charge >= 0.3 is 0 Å². The molecule has 7 aromatic carbocycles. The zero-order valence-electron chi connectivity index (χ0n) is 44.7. The van der Waals surface area contributed by atoms with E-state index in [2.05, 4.69) is 61.5 Å². The molecule has 0 saturated carbocycles. The third-order valence-electron chi connectivity index (χ3n) is 10.2. The molecule has 4 radical (unpaired) electrons. The predicted octanol–water partition coefficient (Wildman–Crippen LogP) is 10.5. The Kier molecular flexibility index (Phi) is 27.0. The first-order valence-corrected chi connectivity index (χ1v) is 27.9. The molecule has 2 amide bonds. The average Bonchev–Trinajstić information content (AvgIpc) is 3.58. The number of aliphatic imine (C=N–C) groups is 2. The molecule has 0 aliphatic rings.